The number of hydrogen-bond donors (Lipinski definition) is 0. The van der Waals surface area contributed by atoms with Crippen molar-refractivity contribution in [3.05, 3.63) is 77.6 Å². The number of nitrogens with zero attached hydrogens (tertiary/aromatic N) is 3. The van der Waals surface area contributed by atoms with E-state index in [0.29, 0.717) is 12.1 Å². The van der Waals surface area contributed by atoms with E-state index in [-0.39, 0.29) is 18.3 Å². The molecule has 2 heterocycles. The van der Waals surface area contributed by atoms with Crippen LogP contribution in [0.5, 0.6) is 0 Å². The minimum Gasteiger partial charge on any atom is -0.465 e. The van der Waals surface area contributed by atoms with Crippen molar-refractivity contribution in [2.75, 3.05) is 18.6 Å². The highest BCUT2D eigenvalue weighted by Crippen LogP contribution is 2.31. The summed E-state index contributed by atoms with van der Waals surface area (Å²) in [6.07, 6.45) is 5.44. The molecule has 28 heavy (non-hydrogen) atoms. The standard InChI is InChI=1S/C22H21N3O3/c1-28-22(27)19-9-5-11-20-18(19)10-6-12-24(20)21(26)13-16-14-23-25(15-16)17-7-3-2-4-8-17/h2-5,7-9,11,14-15H,6,10,12-13H2,1H3. The SMILES string of the molecule is COC(=O)c1cccc2c1CCCN2C(=O)Cc1cnn(-c2ccccc2)c1. The van der Waals surface area contributed by atoms with Gasteiger partial charge in [-0.2, -0.15) is 5.10 Å². The average molecular weight is 375 g/mol. The molecule has 0 saturated heterocycles. The number of hydrogen-bond acceptors (Lipinski definition) is 4. The van der Waals surface area contributed by atoms with Crippen molar-refractivity contribution >= 4 is 17.6 Å². The number of carbonyl (C=O) groups excluding carboxylic acids is 2. The summed E-state index contributed by atoms with van der Waals surface area (Å²) in [6, 6.07) is 15.2. The molecule has 1 aliphatic heterocycles. The fourth-order valence-electron chi connectivity index (χ4n) is 3.63. The third-order valence-electron chi connectivity index (χ3n) is 4.97. The van der Waals surface area contributed by atoms with Crippen LogP contribution in [0, 0.1) is 0 Å². The molecule has 0 spiro atoms. The van der Waals surface area contributed by atoms with Gasteiger partial charge in [-0.05, 0) is 48.2 Å². The first-order chi connectivity index (χ1) is 13.7. The Bertz CT molecular complexity index is 1010. The Hall–Kier alpha value is -3.41. The number of rotatable bonds is 4. The Labute approximate surface area is 163 Å². The smallest absolute Gasteiger partial charge is 0.338 e. The number of amides is 1. The lowest BCUT2D eigenvalue weighted by Gasteiger charge is -2.30. The number of fused-ring (bicyclic) bond motifs is 1. The zero-order chi connectivity index (χ0) is 19.5. The summed E-state index contributed by atoms with van der Waals surface area (Å²) in [5.41, 5.74) is 4.02. The molecule has 1 amide bonds. The number of esters is 1. The van der Waals surface area contributed by atoms with E-state index in [2.05, 4.69) is 5.10 Å². The van der Waals surface area contributed by atoms with Crippen molar-refractivity contribution in [1.82, 2.24) is 9.78 Å². The molecule has 0 N–H and O–H groups in total. The van der Waals surface area contributed by atoms with Crippen molar-refractivity contribution < 1.29 is 14.3 Å². The Morgan fingerprint density at radius 2 is 1.93 bits per heavy atom. The van der Waals surface area contributed by atoms with Gasteiger partial charge in [-0.25, -0.2) is 9.48 Å². The molecular weight excluding hydrogens is 354 g/mol. The van der Waals surface area contributed by atoms with E-state index in [1.807, 2.05) is 42.6 Å². The average Bonchev–Trinajstić information content (AvgIpc) is 3.21. The van der Waals surface area contributed by atoms with Gasteiger partial charge < -0.3 is 9.64 Å². The molecule has 1 aromatic heterocycles. The number of ether oxygens (including phenoxy) is 1. The predicted molar refractivity (Wildman–Crippen MR) is 106 cm³/mol. The van der Waals surface area contributed by atoms with Crippen LogP contribution in [0.25, 0.3) is 5.69 Å². The molecule has 0 fully saturated rings. The zero-order valence-electron chi connectivity index (χ0n) is 15.7. The van der Waals surface area contributed by atoms with E-state index in [4.69, 9.17) is 4.74 Å². The minimum absolute atomic E-state index is 0.00409. The van der Waals surface area contributed by atoms with Gasteiger partial charge >= 0.3 is 5.97 Å². The summed E-state index contributed by atoms with van der Waals surface area (Å²) in [4.78, 5) is 26.8. The van der Waals surface area contributed by atoms with E-state index < -0.39 is 0 Å². The van der Waals surface area contributed by atoms with Crippen molar-refractivity contribution in [3.8, 4) is 5.69 Å². The van der Waals surface area contributed by atoms with Crippen LogP contribution < -0.4 is 4.90 Å². The molecule has 0 bridgehead atoms. The maximum atomic E-state index is 13.0. The summed E-state index contributed by atoms with van der Waals surface area (Å²) >= 11 is 0. The lowest BCUT2D eigenvalue weighted by Crippen LogP contribution is -2.37. The molecule has 1 aliphatic rings. The number of carbonyl (C=O) groups is 2. The van der Waals surface area contributed by atoms with Crippen molar-refractivity contribution in [2.45, 2.75) is 19.3 Å². The first-order valence-corrected chi connectivity index (χ1v) is 9.27. The topological polar surface area (TPSA) is 64.4 Å². The molecule has 2 aromatic carbocycles. The summed E-state index contributed by atoms with van der Waals surface area (Å²) < 4.78 is 6.65. The molecule has 0 atom stereocenters. The largest absolute Gasteiger partial charge is 0.465 e. The van der Waals surface area contributed by atoms with Crippen LogP contribution in [-0.2, 0) is 22.4 Å². The van der Waals surface area contributed by atoms with E-state index in [9.17, 15) is 9.59 Å². The van der Waals surface area contributed by atoms with Gasteiger partial charge in [-0.3, -0.25) is 4.79 Å². The van der Waals surface area contributed by atoms with Gasteiger partial charge in [0.05, 0.1) is 31.0 Å². The lowest BCUT2D eigenvalue weighted by atomic mass is 9.96. The minimum atomic E-state index is -0.365. The van der Waals surface area contributed by atoms with Gasteiger partial charge in [0, 0.05) is 18.4 Å². The van der Waals surface area contributed by atoms with E-state index in [1.165, 1.54) is 7.11 Å². The van der Waals surface area contributed by atoms with Crippen LogP contribution in [0.3, 0.4) is 0 Å². The fourth-order valence-corrected chi connectivity index (χ4v) is 3.63. The number of methoxy groups -OCH3 is 1. The molecule has 4 rings (SSSR count). The first kappa shape index (κ1) is 18.0. The summed E-state index contributed by atoms with van der Waals surface area (Å²) in [7, 11) is 1.37. The van der Waals surface area contributed by atoms with E-state index >= 15 is 0 Å². The second-order valence-electron chi connectivity index (χ2n) is 6.75. The van der Waals surface area contributed by atoms with Crippen LogP contribution in [0.4, 0.5) is 5.69 Å². The normalized spacial score (nSPS) is 13.1. The molecule has 0 saturated carbocycles. The van der Waals surface area contributed by atoms with Crippen LogP contribution in [-0.4, -0.2) is 35.3 Å². The molecule has 142 valence electrons. The van der Waals surface area contributed by atoms with Crippen LogP contribution >= 0.6 is 0 Å². The second-order valence-corrected chi connectivity index (χ2v) is 6.75. The lowest BCUT2D eigenvalue weighted by molar-refractivity contribution is -0.118. The van der Waals surface area contributed by atoms with Crippen molar-refractivity contribution in [3.63, 3.8) is 0 Å². The van der Waals surface area contributed by atoms with E-state index in [0.717, 1.165) is 35.3 Å². The molecular formula is C22H21N3O3. The number of benzene rings is 2. The molecule has 0 radical (unpaired) electrons. The molecule has 6 heteroatoms. The molecule has 6 nitrogen and oxygen atoms in total. The number of para-hydroxylation sites is 1. The summed E-state index contributed by atoms with van der Waals surface area (Å²) in [6.45, 7) is 0.642. The number of aromatic nitrogens is 2. The second kappa shape index (κ2) is 7.68. The quantitative estimate of drug-likeness (QED) is 0.657. The van der Waals surface area contributed by atoms with Gasteiger partial charge in [0.2, 0.25) is 5.91 Å². The highest BCUT2D eigenvalue weighted by atomic mass is 16.5. The van der Waals surface area contributed by atoms with E-state index in [1.54, 1.807) is 27.9 Å². The summed E-state index contributed by atoms with van der Waals surface area (Å²) in [5.74, 6) is -0.370. The van der Waals surface area contributed by atoms with Crippen LogP contribution in [0.1, 0.15) is 27.9 Å². The Balaban J connectivity index is 1.56. The van der Waals surface area contributed by atoms with Crippen molar-refractivity contribution in [2.24, 2.45) is 0 Å². The Morgan fingerprint density at radius 1 is 1.11 bits per heavy atom. The number of anilines is 1. The van der Waals surface area contributed by atoms with Gasteiger partial charge in [0.1, 0.15) is 0 Å². The third kappa shape index (κ3) is 3.41. The molecule has 0 unspecified atom stereocenters. The molecule has 0 aliphatic carbocycles. The monoisotopic (exact) mass is 375 g/mol. The first-order valence-electron chi connectivity index (χ1n) is 9.27. The van der Waals surface area contributed by atoms with Gasteiger partial charge in [0.15, 0.2) is 0 Å². The Morgan fingerprint density at radius 3 is 2.71 bits per heavy atom. The van der Waals surface area contributed by atoms with Gasteiger partial charge in [-0.1, -0.05) is 24.3 Å². The third-order valence-corrected chi connectivity index (χ3v) is 4.97. The predicted octanol–water partition coefficient (Wildman–Crippen LogP) is 3.18. The highest BCUT2D eigenvalue weighted by molar-refractivity contribution is 5.99. The molecule has 3 aromatic rings. The maximum absolute atomic E-state index is 13.0. The summed E-state index contributed by atoms with van der Waals surface area (Å²) in [5, 5.41) is 4.36. The maximum Gasteiger partial charge on any atom is 0.338 e. The highest BCUT2D eigenvalue weighted by Gasteiger charge is 2.26. The van der Waals surface area contributed by atoms with Gasteiger partial charge in [0.25, 0.3) is 0 Å². The zero-order valence-corrected chi connectivity index (χ0v) is 15.7. The van der Waals surface area contributed by atoms with Crippen LogP contribution in [0.2, 0.25) is 0 Å². The van der Waals surface area contributed by atoms with Crippen LogP contribution in [0.15, 0.2) is 60.9 Å². The van der Waals surface area contributed by atoms with Crippen molar-refractivity contribution in [1.29, 1.82) is 0 Å². The Kier molecular flexibility index (Phi) is 4.93. The van der Waals surface area contributed by atoms with Gasteiger partial charge in [-0.15, -0.1) is 0 Å². The fraction of sp³-hybridized carbons (Fsp3) is 0.227.